The van der Waals surface area contributed by atoms with Gasteiger partial charge in [0.1, 0.15) is 5.82 Å². The highest BCUT2D eigenvalue weighted by atomic mass is 35.7. The Hall–Kier alpha value is -0.550. The van der Waals surface area contributed by atoms with Gasteiger partial charge in [-0.05, 0) is 18.8 Å². The van der Waals surface area contributed by atoms with Gasteiger partial charge in [-0.1, -0.05) is 20.8 Å². The topological polar surface area (TPSA) is 52.0 Å². The lowest BCUT2D eigenvalue weighted by Gasteiger charge is -2.23. The number of nitrogens with zero attached hydrogens (tertiary/aromatic N) is 2. The van der Waals surface area contributed by atoms with Crippen LogP contribution in [0, 0.1) is 0 Å². The van der Waals surface area contributed by atoms with Crippen LogP contribution in [-0.4, -0.2) is 18.0 Å². The van der Waals surface area contributed by atoms with Crippen molar-refractivity contribution in [2.75, 3.05) is 0 Å². The Morgan fingerprint density at radius 2 is 2.12 bits per heavy atom. The predicted molar refractivity (Wildman–Crippen MR) is 67.0 cm³/mol. The molecule has 1 atom stereocenters. The molecule has 0 aliphatic carbocycles. The zero-order chi connectivity index (χ0) is 12.8. The lowest BCUT2D eigenvalue weighted by molar-refractivity contribution is 0.451. The Morgan fingerprint density at radius 1 is 1.47 bits per heavy atom. The lowest BCUT2D eigenvalue weighted by Crippen LogP contribution is -2.17. The van der Waals surface area contributed by atoms with E-state index in [4.69, 9.17) is 10.7 Å². The Kier molecular flexibility index (Phi) is 3.25. The van der Waals surface area contributed by atoms with Gasteiger partial charge in [0.15, 0.2) is 5.03 Å². The fraction of sp³-hybridized carbons (Fsp3) is 0.727. The van der Waals surface area contributed by atoms with E-state index in [-0.39, 0.29) is 16.9 Å². The monoisotopic (exact) mass is 276 g/mol. The van der Waals surface area contributed by atoms with E-state index < -0.39 is 9.05 Å². The molecule has 1 aromatic heterocycles. The summed E-state index contributed by atoms with van der Waals surface area (Å²) in [6.45, 7) is 6.90. The molecule has 2 rings (SSSR count). The second-order valence-corrected chi connectivity index (χ2v) is 7.43. The van der Waals surface area contributed by atoms with Crippen molar-refractivity contribution >= 4 is 19.7 Å². The van der Waals surface area contributed by atoms with Crippen LogP contribution in [0.15, 0.2) is 5.03 Å². The van der Waals surface area contributed by atoms with Crippen molar-refractivity contribution in [1.82, 2.24) is 9.55 Å². The molecule has 1 unspecified atom stereocenters. The van der Waals surface area contributed by atoms with Crippen LogP contribution in [0.2, 0.25) is 0 Å². The Bertz CT molecular complexity index is 534. The maximum absolute atomic E-state index is 11.6. The first-order valence-corrected chi connectivity index (χ1v) is 8.18. The van der Waals surface area contributed by atoms with E-state index in [0.29, 0.717) is 0 Å². The number of hydrogen-bond donors (Lipinski definition) is 0. The SMILES string of the molecule is CC(C)c1nc(S(=O)(=O)Cl)c2n1CCCC2C. The first-order valence-electron chi connectivity index (χ1n) is 5.87. The summed E-state index contributed by atoms with van der Waals surface area (Å²) in [4.78, 5) is 4.26. The summed E-state index contributed by atoms with van der Waals surface area (Å²) in [5.74, 6) is 1.23. The molecule has 1 aromatic rings. The Balaban J connectivity index is 2.70. The van der Waals surface area contributed by atoms with Gasteiger partial charge in [-0.25, -0.2) is 13.4 Å². The molecule has 0 saturated heterocycles. The Morgan fingerprint density at radius 3 is 2.65 bits per heavy atom. The summed E-state index contributed by atoms with van der Waals surface area (Å²) >= 11 is 0. The third kappa shape index (κ3) is 2.22. The van der Waals surface area contributed by atoms with Crippen molar-refractivity contribution < 1.29 is 8.42 Å². The third-order valence-corrected chi connectivity index (χ3v) is 4.44. The number of fused-ring (bicyclic) bond motifs is 1. The second-order valence-electron chi connectivity index (χ2n) is 4.95. The van der Waals surface area contributed by atoms with Gasteiger partial charge < -0.3 is 4.57 Å². The molecule has 0 saturated carbocycles. The number of rotatable bonds is 2. The molecule has 0 aromatic carbocycles. The number of halogens is 1. The second kappa shape index (κ2) is 4.28. The normalized spacial score (nSPS) is 20.6. The fourth-order valence-electron chi connectivity index (χ4n) is 2.48. The van der Waals surface area contributed by atoms with E-state index in [2.05, 4.69) is 4.98 Å². The van der Waals surface area contributed by atoms with Crippen LogP contribution in [0.5, 0.6) is 0 Å². The number of aromatic nitrogens is 2. The fourth-order valence-corrected chi connectivity index (χ4v) is 3.59. The van der Waals surface area contributed by atoms with Gasteiger partial charge in [0, 0.05) is 23.1 Å². The molecule has 0 bridgehead atoms. The van der Waals surface area contributed by atoms with Gasteiger partial charge in [-0.15, -0.1) is 0 Å². The molecular formula is C11H17ClN2O2S. The molecule has 1 aliphatic heterocycles. The van der Waals surface area contributed by atoms with Gasteiger partial charge in [-0.3, -0.25) is 0 Å². The van der Waals surface area contributed by atoms with Crippen molar-refractivity contribution in [2.45, 2.75) is 57.0 Å². The molecule has 0 spiro atoms. The highest BCUT2D eigenvalue weighted by Crippen LogP contribution is 2.35. The summed E-state index contributed by atoms with van der Waals surface area (Å²) in [5, 5.41) is 0.0649. The zero-order valence-corrected chi connectivity index (χ0v) is 11.8. The van der Waals surface area contributed by atoms with Gasteiger partial charge in [0.05, 0.1) is 5.69 Å². The minimum absolute atomic E-state index is 0.0649. The van der Waals surface area contributed by atoms with Crippen molar-refractivity contribution in [3.8, 4) is 0 Å². The molecule has 0 radical (unpaired) electrons. The maximum Gasteiger partial charge on any atom is 0.280 e. The predicted octanol–water partition coefficient (Wildman–Crippen LogP) is 2.83. The van der Waals surface area contributed by atoms with Gasteiger partial charge >= 0.3 is 0 Å². The summed E-state index contributed by atoms with van der Waals surface area (Å²) in [5.41, 5.74) is 0.787. The molecular weight excluding hydrogens is 260 g/mol. The lowest BCUT2D eigenvalue weighted by atomic mass is 9.98. The molecule has 1 aliphatic rings. The number of hydrogen-bond acceptors (Lipinski definition) is 3. The van der Waals surface area contributed by atoms with Crippen molar-refractivity contribution in [1.29, 1.82) is 0 Å². The van der Waals surface area contributed by atoms with Crippen LogP contribution >= 0.6 is 10.7 Å². The zero-order valence-electron chi connectivity index (χ0n) is 10.3. The van der Waals surface area contributed by atoms with Gasteiger partial charge in [0.25, 0.3) is 9.05 Å². The van der Waals surface area contributed by atoms with E-state index in [0.717, 1.165) is 30.9 Å². The first-order chi connectivity index (χ1) is 7.82. The van der Waals surface area contributed by atoms with Gasteiger partial charge in [0.2, 0.25) is 0 Å². The number of imidazole rings is 1. The molecule has 2 heterocycles. The molecule has 0 fully saturated rings. The quantitative estimate of drug-likeness (QED) is 0.781. The van der Waals surface area contributed by atoms with E-state index >= 15 is 0 Å². The average Bonchev–Trinajstić information content (AvgIpc) is 2.57. The molecule has 6 heteroatoms. The van der Waals surface area contributed by atoms with Crippen LogP contribution in [0.1, 0.15) is 57.0 Å². The molecule has 17 heavy (non-hydrogen) atoms. The van der Waals surface area contributed by atoms with Crippen LogP contribution in [0.4, 0.5) is 0 Å². The summed E-state index contributed by atoms with van der Waals surface area (Å²) < 4.78 is 25.2. The summed E-state index contributed by atoms with van der Waals surface area (Å²) in [6.07, 6.45) is 2.05. The standard InChI is InChI=1S/C11H17ClN2O2S/c1-7(2)10-13-11(17(12,15)16)9-8(3)5-4-6-14(9)10/h7-8H,4-6H2,1-3H3. The van der Waals surface area contributed by atoms with Crippen LogP contribution in [0.3, 0.4) is 0 Å². The van der Waals surface area contributed by atoms with E-state index in [1.54, 1.807) is 0 Å². The molecule has 0 N–H and O–H groups in total. The summed E-state index contributed by atoms with van der Waals surface area (Å²) in [7, 11) is 1.73. The van der Waals surface area contributed by atoms with Crippen molar-refractivity contribution in [3.63, 3.8) is 0 Å². The minimum Gasteiger partial charge on any atom is -0.330 e. The van der Waals surface area contributed by atoms with Crippen LogP contribution < -0.4 is 0 Å². The highest BCUT2D eigenvalue weighted by Gasteiger charge is 2.31. The van der Waals surface area contributed by atoms with E-state index in [9.17, 15) is 8.42 Å². The van der Waals surface area contributed by atoms with Gasteiger partial charge in [-0.2, -0.15) is 0 Å². The van der Waals surface area contributed by atoms with Crippen molar-refractivity contribution in [3.05, 3.63) is 11.5 Å². The highest BCUT2D eigenvalue weighted by molar-refractivity contribution is 8.13. The molecule has 0 amide bonds. The largest absolute Gasteiger partial charge is 0.330 e. The van der Waals surface area contributed by atoms with Crippen molar-refractivity contribution in [2.24, 2.45) is 0 Å². The van der Waals surface area contributed by atoms with E-state index in [1.807, 2.05) is 25.3 Å². The first kappa shape index (κ1) is 12.9. The summed E-state index contributed by atoms with van der Waals surface area (Å²) in [6, 6.07) is 0. The molecule has 4 nitrogen and oxygen atoms in total. The van der Waals surface area contributed by atoms with E-state index in [1.165, 1.54) is 0 Å². The molecule has 96 valence electrons. The van der Waals surface area contributed by atoms with Crippen LogP contribution in [-0.2, 0) is 15.6 Å². The Labute approximate surface area is 106 Å². The minimum atomic E-state index is -3.75. The van der Waals surface area contributed by atoms with Crippen LogP contribution in [0.25, 0.3) is 0 Å². The maximum atomic E-state index is 11.6. The smallest absolute Gasteiger partial charge is 0.280 e. The third-order valence-electron chi connectivity index (χ3n) is 3.24. The average molecular weight is 277 g/mol.